The Bertz CT molecular complexity index is 357. The molecule has 0 bridgehead atoms. The van der Waals surface area contributed by atoms with Crippen molar-refractivity contribution in [2.24, 2.45) is 5.73 Å². The Morgan fingerprint density at radius 1 is 1.24 bits per heavy atom. The van der Waals surface area contributed by atoms with Gasteiger partial charge in [0.2, 0.25) is 5.91 Å². The second-order valence-corrected chi connectivity index (χ2v) is 4.01. The summed E-state index contributed by atoms with van der Waals surface area (Å²) in [5, 5.41) is 3.31. The third-order valence-electron chi connectivity index (χ3n) is 2.58. The molecule has 92 valence electrons. The molecule has 17 heavy (non-hydrogen) atoms. The van der Waals surface area contributed by atoms with Crippen LogP contribution in [-0.2, 0) is 0 Å². The maximum atomic E-state index is 10.9. The zero-order chi connectivity index (χ0) is 12.5. The summed E-state index contributed by atoms with van der Waals surface area (Å²) in [6.07, 6.45) is 6.60. The van der Waals surface area contributed by atoms with Gasteiger partial charge in [0.15, 0.2) is 0 Å². The second-order valence-electron chi connectivity index (χ2n) is 4.01. The van der Waals surface area contributed by atoms with Crippen LogP contribution in [0.25, 0.3) is 0 Å². The highest BCUT2D eigenvalue weighted by Gasteiger charge is 1.98. The van der Waals surface area contributed by atoms with Crippen molar-refractivity contribution in [3.8, 4) is 0 Å². The van der Waals surface area contributed by atoms with Crippen LogP contribution in [-0.4, -0.2) is 12.5 Å². The minimum atomic E-state index is -0.388. The maximum absolute atomic E-state index is 10.9. The van der Waals surface area contributed by atoms with Crippen molar-refractivity contribution in [3.05, 3.63) is 42.5 Å². The summed E-state index contributed by atoms with van der Waals surface area (Å²) in [7, 11) is 0. The van der Waals surface area contributed by atoms with Crippen LogP contribution in [0.1, 0.15) is 36.0 Å². The molecule has 0 heterocycles. The van der Waals surface area contributed by atoms with Gasteiger partial charge in [0.25, 0.3) is 0 Å². The lowest BCUT2D eigenvalue weighted by atomic mass is 10.2. The normalized spacial score (nSPS) is 9.88. The van der Waals surface area contributed by atoms with Crippen LogP contribution < -0.4 is 11.1 Å². The van der Waals surface area contributed by atoms with Crippen molar-refractivity contribution in [3.63, 3.8) is 0 Å². The first-order valence-corrected chi connectivity index (χ1v) is 5.98. The average molecular weight is 232 g/mol. The van der Waals surface area contributed by atoms with Gasteiger partial charge in [-0.1, -0.05) is 12.5 Å². The summed E-state index contributed by atoms with van der Waals surface area (Å²) in [5.41, 5.74) is 6.73. The topological polar surface area (TPSA) is 55.1 Å². The number of nitrogens with one attached hydrogen (secondary N) is 1. The van der Waals surface area contributed by atoms with Gasteiger partial charge < -0.3 is 11.1 Å². The molecular formula is C14H20N2O. The molecule has 0 aromatic heterocycles. The van der Waals surface area contributed by atoms with E-state index >= 15 is 0 Å². The van der Waals surface area contributed by atoms with E-state index in [1.807, 2.05) is 18.2 Å². The molecule has 3 nitrogen and oxygen atoms in total. The number of carbonyl (C=O) groups is 1. The fourth-order valence-electron chi connectivity index (χ4n) is 1.58. The summed E-state index contributed by atoms with van der Waals surface area (Å²) in [5.74, 6) is -0.388. The molecule has 0 atom stereocenters. The van der Waals surface area contributed by atoms with E-state index < -0.39 is 0 Å². The number of amides is 1. The molecule has 3 heteroatoms. The smallest absolute Gasteiger partial charge is 0.248 e. The van der Waals surface area contributed by atoms with Crippen molar-refractivity contribution in [2.45, 2.75) is 25.7 Å². The zero-order valence-corrected chi connectivity index (χ0v) is 10.1. The van der Waals surface area contributed by atoms with Gasteiger partial charge >= 0.3 is 0 Å². The van der Waals surface area contributed by atoms with E-state index in [4.69, 9.17) is 5.73 Å². The molecule has 1 amide bonds. The molecule has 0 aliphatic heterocycles. The molecule has 0 aliphatic rings. The molecule has 0 saturated heterocycles. The first kappa shape index (κ1) is 13.3. The number of rotatable bonds is 8. The van der Waals surface area contributed by atoms with E-state index in [-0.39, 0.29) is 5.91 Å². The van der Waals surface area contributed by atoms with Crippen molar-refractivity contribution >= 4 is 11.6 Å². The summed E-state index contributed by atoms with van der Waals surface area (Å²) < 4.78 is 0. The highest BCUT2D eigenvalue weighted by atomic mass is 16.1. The molecule has 0 spiro atoms. The van der Waals surface area contributed by atoms with Crippen LogP contribution in [0.5, 0.6) is 0 Å². The average Bonchev–Trinajstić information content (AvgIpc) is 2.34. The SMILES string of the molecule is C=CCCCCCNc1ccc(C(N)=O)cc1. The number of hydrogen-bond acceptors (Lipinski definition) is 2. The van der Waals surface area contributed by atoms with E-state index in [0.29, 0.717) is 5.56 Å². The first-order valence-electron chi connectivity index (χ1n) is 5.98. The van der Waals surface area contributed by atoms with Crippen LogP contribution in [0.15, 0.2) is 36.9 Å². The van der Waals surface area contributed by atoms with Gasteiger partial charge in [-0.15, -0.1) is 6.58 Å². The minimum absolute atomic E-state index is 0.388. The van der Waals surface area contributed by atoms with E-state index in [2.05, 4.69) is 11.9 Å². The molecule has 1 aromatic rings. The van der Waals surface area contributed by atoms with E-state index in [9.17, 15) is 4.79 Å². The van der Waals surface area contributed by atoms with Crippen LogP contribution in [0, 0.1) is 0 Å². The molecule has 0 saturated carbocycles. The number of primary amides is 1. The Kier molecular flexibility index (Phi) is 5.86. The molecule has 0 aliphatic carbocycles. The highest BCUT2D eigenvalue weighted by molar-refractivity contribution is 5.93. The molecule has 0 fully saturated rings. The van der Waals surface area contributed by atoms with Gasteiger partial charge in [-0.2, -0.15) is 0 Å². The van der Waals surface area contributed by atoms with Gasteiger partial charge in [-0.05, 0) is 43.5 Å². The number of nitrogens with two attached hydrogens (primary N) is 1. The molecule has 3 N–H and O–H groups in total. The Balaban J connectivity index is 2.23. The van der Waals surface area contributed by atoms with E-state index in [1.54, 1.807) is 12.1 Å². The number of anilines is 1. The molecule has 0 radical (unpaired) electrons. The fourth-order valence-corrected chi connectivity index (χ4v) is 1.58. The van der Waals surface area contributed by atoms with Crippen LogP contribution >= 0.6 is 0 Å². The number of carbonyl (C=O) groups excluding carboxylic acids is 1. The molecule has 0 unspecified atom stereocenters. The molecule has 1 rings (SSSR count). The number of unbranched alkanes of at least 4 members (excludes halogenated alkanes) is 3. The Hall–Kier alpha value is -1.77. The van der Waals surface area contributed by atoms with E-state index in [0.717, 1.165) is 25.1 Å². The number of allylic oxidation sites excluding steroid dienone is 1. The Morgan fingerprint density at radius 2 is 1.94 bits per heavy atom. The maximum Gasteiger partial charge on any atom is 0.248 e. The molecular weight excluding hydrogens is 212 g/mol. The largest absolute Gasteiger partial charge is 0.385 e. The summed E-state index contributed by atoms with van der Waals surface area (Å²) >= 11 is 0. The standard InChI is InChI=1S/C14H20N2O/c1-2-3-4-5-6-11-16-13-9-7-12(8-10-13)14(15)17/h2,7-10,16H,1,3-6,11H2,(H2,15,17). The lowest BCUT2D eigenvalue weighted by molar-refractivity contribution is 0.100. The quantitative estimate of drug-likeness (QED) is 0.535. The lowest BCUT2D eigenvalue weighted by Crippen LogP contribution is -2.10. The highest BCUT2D eigenvalue weighted by Crippen LogP contribution is 2.09. The van der Waals surface area contributed by atoms with E-state index in [1.165, 1.54) is 12.8 Å². The van der Waals surface area contributed by atoms with Crippen LogP contribution in [0.4, 0.5) is 5.69 Å². The van der Waals surface area contributed by atoms with Gasteiger partial charge in [0.05, 0.1) is 0 Å². The van der Waals surface area contributed by atoms with Gasteiger partial charge in [0, 0.05) is 17.8 Å². The predicted octanol–water partition coefficient (Wildman–Crippen LogP) is 2.94. The van der Waals surface area contributed by atoms with Crippen LogP contribution in [0.2, 0.25) is 0 Å². The summed E-state index contributed by atoms with van der Waals surface area (Å²) in [6.45, 7) is 4.65. The third kappa shape index (κ3) is 5.20. The predicted molar refractivity (Wildman–Crippen MR) is 72.1 cm³/mol. The van der Waals surface area contributed by atoms with Crippen molar-refractivity contribution in [1.29, 1.82) is 0 Å². The fraction of sp³-hybridized carbons (Fsp3) is 0.357. The van der Waals surface area contributed by atoms with Crippen molar-refractivity contribution < 1.29 is 4.79 Å². The second kappa shape index (κ2) is 7.49. The molecule has 1 aromatic carbocycles. The monoisotopic (exact) mass is 232 g/mol. The Labute approximate surface area is 103 Å². The number of benzene rings is 1. The Morgan fingerprint density at radius 3 is 2.53 bits per heavy atom. The van der Waals surface area contributed by atoms with Crippen molar-refractivity contribution in [2.75, 3.05) is 11.9 Å². The lowest BCUT2D eigenvalue weighted by Gasteiger charge is -2.06. The van der Waals surface area contributed by atoms with Crippen molar-refractivity contribution in [1.82, 2.24) is 0 Å². The van der Waals surface area contributed by atoms with Gasteiger partial charge in [0.1, 0.15) is 0 Å². The van der Waals surface area contributed by atoms with Gasteiger partial charge in [-0.25, -0.2) is 0 Å². The third-order valence-corrected chi connectivity index (χ3v) is 2.58. The zero-order valence-electron chi connectivity index (χ0n) is 10.1. The first-order chi connectivity index (χ1) is 8.24. The minimum Gasteiger partial charge on any atom is -0.385 e. The summed E-state index contributed by atoms with van der Waals surface area (Å²) in [6, 6.07) is 7.23. The number of hydrogen-bond donors (Lipinski definition) is 2. The van der Waals surface area contributed by atoms with Gasteiger partial charge in [-0.3, -0.25) is 4.79 Å². The van der Waals surface area contributed by atoms with Crippen LogP contribution in [0.3, 0.4) is 0 Å². The summed E-state index contributed by atoms with van der Waals surface area (Å²) in [4.78, 5) is 10.9.